The third-order valence-corrected chi connectivity index (χ3v) is 3.24. The Hall–Kier alpha value is -0.380. The van der Waals surface area contributed by atoms with E-state index < -0.39 is 0 Å². The van der Waals surface area contributed by atoms with Gasteiger partial charge in [-0.2, -0.15) is 0 Å². The molecule has 1 rings (SSSR count). The summed E-state index contributed by atoms with van der Waals surface area (Å²) < 4.78 is 0.666. The molecule has 0 saturated carbocycles. The zero-order valence-electron chi connectivity index (χ0n) is 8.34. The number of rotatable bonds is 5. The van der Waals surface area contributed by atoms with E-state index in [1.165, 1.54) is 11.3 Å². The highest BCUT2D eigenvalue weighted by atomic mass is 35.5. The fraction of sp³-hybridized carbons (Fsp3) is 0.500. The van der Waals surface area contributed by atoms with Gasteiger partial charge in [-0.05, 0) is 25.1 Å². The Bertz CT molecular complexity index is 311. The Morgan fingerprint density at radius 1 is 1.57 bits per heavy atom. The molecule has 1 aromatic rings. The normalized spacial score (nSPS) is 12.8. The quantitative estimate of drug-likeness (QED) is 0.790. The molecule has 0 saturated heterocycles. The van der Waals surface area contributed by atoms with Crippen LogP contribution in [0.2, 0.25) is 4.34 Å². The Morgan fingerprint density at radius 3 is 2.71 bits per heavy atom. The third kappa shape index (κ3) is 2.80. The van der Waals surface area contributed by atoms with E-state index in [2.05, 4.69) is 5.32 Å². The average Bonchev–Trinajstić information content (AvgIpc) is 2.60. The van der Waals surface area contributed by atoms with Gasteiger partial charge in [0.05, 0.1) is 15.3 Å². The molecule has 14 heavy (non-hydrogen) atoms. The predicted molar refractivity (Wildman–Crippen MR) is 61.4 cm³/mol. The molecule has 0 radical (unpaired) electrons. The Balaban J connectivity index is 2.72. The van der Waals surface area contributed by atoms with E-state index in [0.29, 0.717) is 4.34 Å². The first-order valence-corrected chi connectivity index (χ1v) is 5.91. The lowest BCUT2D eigenvalue weighted by molar-refractivity contribution is 0.0945. The van der Waals surface area contributed by atoms with E-state index in [9.17, 15) is 4.79 Å². The molecule has 1 unspecified atom stereocenters. The molecule has 1 atom stereocenters. The highest BCUT2D eigenvalue weighted by molar-refractivity contribution is 7.18. The van der Waals surface area contributed by atoms with Crippen molar-refractivity contribution in [3.8, 4) is 0 Å². The molecule has 0 amide bonds. The number of hydrogen-bond acceptors (Lipinski definition) is 3. The Labute approximate surface area is 93.3 Å². The van der Waals surface area contributed by atoms with Crippen molar-refractivity contribution >= 4 is 28.7 Å². The summed E-state index contributed by atoms with van der Waals surface area (Å²) in [5.41, 5.74) is 0. The Morgan fingerprint density at radius 2 is 2.29 bits per heavy atom. The molecule has 0 spiro atoms. The molecule has 78 valence electrons. The van der Waals surface area contributed by atoms with E-state index in [4.69, 9.17) is 11.6 Å². The van der Waals surface area contributed by atoms with Gasteiger partial charge in [-0.15, -0.1) is 11.3 Å². The number of hydrogen-bond donors (Lipinski definition) is 1. The first-order chi connectivity index (χ1) is 6.69. The van der Waals surface area contributed by atoms with Crippen LogP contribution in [0.5, 0.6) is 0 Å². The second-order valence-corrected chi connectivity index (χ2v) is 4.70. The van der Waals surface area contributed by atoms with E-state index in [0.717, 1.165) is 17.8 Å². The summed E-state index contributed by atoms with van der Waals surface area (Å²) in [6.45, 7) is 4.81. The van der Waals surface area contributed by atoms with Gasteiger partial charge >= 0.3 is 0 Å². The molecule has 2 nitrogen and oxygen atoms in total. The lowest BCUT2D eigenvalue weighted by Gasteiger charge is -2.12. The van der Waals surface area contributed by atoms with Crippen LogP contribution in [-0.2, 0) is 0 Å². The van der Waals surface area contributed by atoms with Crippen LogP contribution in [0, 0.1) is 0 Å². The predicted octanol–water partition coefficient (Wildman–Crippen LogP) is 2.97. The number of nitrogens with one attached hydrogen (secondary N) is 1. The maximum Gasteiger partial charge on any atom is 0.189 e. The van der Waals surface area contributed by atoms with Crippen molar-refractivity contribution in [2.75, 3.05) is 6.54 Å². The maximum absolute atomic E-state index is 11.9. The van der Waals surface area contributed by atoms with Gasteiger partial charge in [0, 0.05) is 0 Å². The monoisotopic (exact) mass is 231 g/mol. The van der Waals surface area contributed by atoms with Gasteiger partial charge < -0.3 is 5.32 Å². The minimum Gasteiger partial charge on any atom is -0.307 e. The van der Waals surface area contributed by atoms with Crippen LogP contribution in [0.15, 0.2) is 12.1 Å². The fourth-order valence-electron chi connectivity index (χ4n) is 1.29. The summed E-state index contributed by atoms with van der Waals surface area (Å²) in [5, 5.41) is 3.15. The lowest BCUT2D eigenvalue weighted by atomic mass is 10.1. The first kappa shape index (κ1) is 11.7. The number of carbonyl (C=O) groups excluding carboxylic acids is 1. The molecular formula is C10H14ClNOS. The van der Waals surface area contributed by atoms with E-state index >= 15 is 0 Å². The fourth-order valence-corrected chi connectivity index (χ4v) is 2.32. The maximum atomic E-state index is 11.9. The number of likely N-dealkylation sites (N-methyl/N-ethyl adjacent to an activating group) is 1. The van der Waals surface area contributed by atoms with Gasteiger partial charge in [0.1, 0.15) is 0 Å². The van der Waals surface area contributed by atoms with Crippen molar-refractivity contribution < 1.29 is 4.79 Å². The lowest BCUT2D eigenvalue weighted by Crippen LogP contribution is -2.35. The number of thiophene rings is 1. The van der Waals surface area contributed by atoms with Gasteiger partial charge in [0.15, 0.2) is 5.78 Å². The minimum atomic E-state index is -0.0743. The minimum absolute atomic E-state index is 0.0743. The second kappa shape index (κ2) is 5.49. The van der Waals surface area contributed by atoms with Crippen LogP contribution < -0.4 is 5.32 Å². The summed E-state index contributed by atoms with van der Waals surface area (Å²) in [6.07, 6.45) is 0.808. The van der Waals surface area contributed by atoms with Crippen LogP contribution in [0.3, 0.4) is 0 Å². The molecule has 1 heterocycles. The number of ketones is 1. The van der Waals surface area contributed by atoms with E-state index in [1.54, 1.807) is 12.1 Å². The van der Waals surface area contributed by atoms with Crippen molar-refractivity contribution in [2.45, 2.75) is 26.3 Å². The van der Waals surface area contributed by atoms with Gasteiger partial charge in [0.25, 0.3) is 0 Å². The summed E-state index contributed by atoms with van der Waals surface area (Å²) in [7, 11) is 0. The summed E-state index contributed by atoms with van der Waals surface area (Å²) >= 11 is 7.12. The van der Waals surface area contributed by atoms with E-state index in [1.807, 2.05) is 13.8 Å². The van der Waals surface area contributed by atoms with E-state index in [-0.39, 0.29) is 11.8 Å². The third-order valence-electron chi connectivity index (χ3n) is 1.99. The van der Waals surface area contributed by atoms with Crippen molar-refractivity contribution in [3.63, 3.8) is 0 Å². The first-order valence-electron chi connectivity index (χ1n) is 4.72. The molecule has 0 aliphatic rings. The van der Waals surface area contributed by atoms with Crippen molar-refractivity contribution in [3.05, 3.63) is 21.3 Å². The SMILES string of the molecule is CCNC(CC)C(=O)c1ccc(Cl)s1. The summed E-state index contributed by atoms with van der Waals surface area (Å²) in [4.78, 5) is 12.6. The largest absolute Gasteiger partial charge is 0.307 e. The molecule has 1 N–H and O–H groups in total. The van der Waals surface area contributed by atoms with Crippen molar-refractivity contribution in [1.29, 1.82) is 0 Å². The van der Waals surface area contributed by atoms with Gasteiger partial charge in [0.2, 0.25) is 0 Å². The number of Topliss-reactive ketones (excluding diaryl/α,β-unsaturated/α-hetero) is 1. The van der Waals surface area contributed by atoms with Crippen LogP contribution in [0.1, 0.15) is 29.9 Å². The van der Waals surface area contributed by atoms with Crippen LogP contribution in [0.25, 0.3) is 0 Å². The number of carbonyl (C=O) groups is 1. The number of halogens is 1. The zero-order chi connectivity index (χ0) is 10.6. The second-order valence-electron chi connectivity index (χ2n) is 2.99. The molecule has 0 aliphatic heterocycles. The zero-order valence-corrected chi connectivity index (χ0v) is 9.91. The van der Waals surface area contributed by atoms with Gasteiger partial charge in [-0.25, -0.2) is 0 Å². The molecule has 1 aromatic heterocycles. The average molecular weight is 232 g/mol. The molecule has 4 heteroatoms. The smallest absolute Gasteiger partial charge is 0.189 e. The molecule has 0 fully saturated rings. The summed E-state index contributed by atoms with van der Waals surface area (Å²) in [6, 6.07) is 3.47. The Kier molecular flexibility index (Phi) is 4.58. The van der Waals surface area contributed by atoms with Crippen molar-refractivity contribution in [2.24, 2.45) is 0 Å². The van der Waals surface area contributed by atoms with Crippen LogP contribution in [0.4, 0.5) is 0 Å². The highest BCUT2D eigenvalue weighted by Crippen LogP contribution is 2.22. The molecular weight excluding hydrogens is 218 g/mol. The summed E-state index contributed by atoms with van der Waals surface area (Å²) in [5.74, 6) is 0.145. The highest BCUT2D eigenvalue weighted by Gasteiger charge is 2.18. The van der Waals surface area contributed by atoms with Crippen LogP contribution >= 0.6 is 22.9 Å². The molecule has 0 bridgehead atoms. The van der Waals surface area contributed by atoms with Gasteiger partial charge in [-0.3, -0.25) is 4.79 Å². The topological polar surface area (TPSA) is 29.1 Å². The van der Waals surface area contributed by atoms with Crippen molar-refractivity contribution in [1.82, 2.24) is 5.32 Å². The molecule has 0 aliphatic carbocycles. The van der Waals surface area contributed by atoms with Crippen LogP contribution in [-0.4, -0.2) is 18.4 Å². The standard InChI is InChI=1S/C10H14ClNOS/c1-3-7(12-4-2)10(13)8-5-6-9(11)14-8/h5-7,12H,3-4H2,1-2H3. The van der Waals surface area contributed by atoms with Gasteiger partial charge in [-0.1, -0.05) is 25.4 Å². The molecule has 0 aromatic carbocycles.